The van der Waals surface area contributed by atoms with Crippen molar-refractivity contribution < 1.29 is 0 Å². The Morgan fingerprint density at radius 1 is 0.493 bits per heavy atom. The largest absolute Gasteiger partial charge is 0.309 e. The first-order valence-corrected chi connectivity index (χ1v) is 23.7. The highest BCUT2D eigenvalue weighted by Crippen LogP contribution is 2.53. The minimum absolute atomic E-state index is 0.117. The van der Waals surface area contributed by atoms with E-state index >= 15 is 0 Å². The highest BCUT2D eigenvalue weighted by Gasteiger charge is 2.36. The number of hydrogen-bond acceptors (Lipinski definition) is 2. The number of nitrogens with zero attached hydrogens (tertiary/aromatic N) is 4. The van der Waals surface area contributed by atoms with Gasteiger partial charge in [0.1, 0.15) is 5.82 Å². The van der Waals surface area contributed by atoms with Gasteiger partial charge in [0.05, 0.1) is 22.4 Å². The first kappa shape index (κ1) is 41.8. The Kier molecular flexibility index (Phi) is 9.89. The van der Waals surface area contributed by atoms with Crippen LogP contribution in [0, 0.1) is 6.92 Å². The molecule has 0 bridgehead atoms. The summed E-state index contributed by atoms with van der Waals surface area (Å²) in [5.41, 5.74) is 22.2. The summed E-state index contributed by atoms with van der Waals surface area (Å²) in [6.07, 6.45) is 0. The van der Waals surface area contributed by atoms with Gasteiger partial charge in [0.25, 0.3) is 0 Å². The van der Waals surface area contributed by atoms with Crippen LogP contribution in [0.4, 0.5) is 11.4 Å². The maximum atomic E-state index is 5.33. The number of aryl methyl sites for hydroxylation is 1. The molecule has 0 atom stereocenters. The van der Waals surface area contributed by atoms with E-state index in [2.05, 4.69) is 200 Å². The Morgan fingerprint density at radius 2 is 1.12 bits per heavy atom. The normalized spacial score (nSPS) is 13.9. The summed E-state index contributed by atoms with van der Waals surface area (Å²) in [4.78, 5) is 12.7. The van der Waals surface area contributed by atoms with Gasteiger partial charge in [-0.25, -0.2) is 9.98 Å². The fourth-order valence-electron chi connectivity index (χ4n) is 10.9. The van der Waals surface area contributed by atoms with Crippen LogP contribution in [0.25, 0.3) is 66.4 Å². The van der Waals surface area contributed by atoms with Gasteiger partial charge in [-0.2, -0.15) is 0 Å². The highest BCUT2D eigenvalue weighted by atomic mass is 15.2. The topological polar surface area (TPSA) is 32.9 Å². The van der Waals surface area contributed by atoms with Gasteiger partial charge in [0.15, 0.2) is 5.84 Å². The van der Waals surface area contributed by atoms with Crippen molar-refractivity contribution in [2.75, 3.05) is 4.90 Å². The van der Waals surface area contributed by atoms with E-state index in [0.29, 0.717) is 11.7 Å². The highest BCUT2D eigenvalue weighted by molar-refractivity contribution is 6.14. The van der Waals surface area contributed by atoms with Crippen molar-refractivity contribution in [3.8, 4) is 39.1 Å². The molecule has 4 heteroatoms. The second kappa shape index (κ2) is 16.3. The van der Waals surface area contributed by atoms with Crippen molar-refractivity contribution >= 4 is 50.3 Å². The molecule has 69 heavy (non-hydrogen) atoms. The number of para-hydroxylation sites is 1. The van der Waals surface area contributed by atoms with Crippen molar-refractivity contribution in [1.82, 2.24) is 4.57 Å². The Bertz CT molecular complexity index is 3790. The van der Waals surface area contributed by atoms with Crippen LogP contribution < -0.4 is 4.90 Å². The lowest BCUT2D eigenvalue weighted by Gasteiger charge is -2.35. The summed E-state index contributed by atoms with van der Waals surface area (Å²) in [6.45, 7) is 18.5. The van der Waals surface area contributed by atoms with E-state index < -0.39 is 0 Å². The smallest absolute Gasteiger partial charge is 0.161 e. The quantitative estimate of drug-likeness (QED) is 0.116. The van der Waals surface area contributed by atoms with E-state index in [-0.39, 0.29) is 5.41 Å². The zero-order chi connectivity index (χ0) is 47.0. The van der Waals surface area contributed by atoms with Crippen LogP contribution in [-0.4, -0.2) is 16.1 Å². The van der Waals surface area contributed by atoms with Gasteiger partial charge in [-0.1, -0.05) is 179 Å². The third-order valence-corrected chi connectivity index (χ3v) is 14.4. The molecule has 0 saturated heterocycles. The molecular weight excluding hydrogens is 837 g/mol. The molecule has 330 valence electrons. The Labute approximate surface area is 404 Å². The van der Waals surface area contributed by atoms with Gasteiger partial charge < -0.3 is 4.57 Å². The number of amidine groups is 1. The molecule has 0 amide bonds. The lowest BCUT2D eigenvalue weighted by Crippen LogP contribution is -2.22. The number of benzene rings is 9. The molecule has 10 aromatic rings. The number of aromatic nitrogens is 1. The van der Waals surface area contributed by atoms with Crippen molar-refractivity contribution in [2.45, 2.75) is 33.1 Å². The molecule has 1 aromatic heterocycles. The van der Waals surface area contributed by atoms with Gasteiger partial charge >= 0.3 is 0 Å². The van der Waals surface area contributed by atoms with E-state index in [1.807, 2.05) is 43.3 Å². The van der Waals surface area contributed by atoms with Crippen molar-refractivity contribution in [2.24, 2.45) is 9.98 Å². The minimum atomic E-state index is -0.117. The van der Waals surface area contributed by atoms with E-state index in [9.17, 15) is 0 Å². The third-order valence-electron chi connectivity index (χ3n) is 14.4. The molecule has 4 nitrogen and oxygen atoms in total. The Balaban J connectivity index is 1.05. The molecule has 0 fully saturated rings. The van der Waals surface area contributed by atoms with E-state index in [1.165, 1.54) is 49.6 Å². The predicted molar refractivity (Wildman–Crippen MR) is 291 cm³/mol. The summed E-state index contributed by atoms with van der Waals surface area (Å²) in [6, 6.07) is 73.8. The molecule has 9 aromatic carbocycles. The van der Waals surface area contributed by atoms with Gasteiger partial charge in [-0.15, -0.1) is 0 Å². The first-order valence-electron chi connectivity index (χ1n) is 23.7. The minimum Gasteiger partial charge on any atom is -0.309 e. The molecule has 1 aliphatic carbocycles. The zero-order valence-electron chi connectivity index (χ0n) is 39.3. The second-order valence-corrected chi connectivity index (χ2v) is 18.8. The molecular formula is C65H50N4. The van der Waals surface area contributed by atoms with Gasteiger partial charge in [0, 0.05) is 44.3 Å². The molecule has 0 N–H and O–H groups in total. The van der Waals surface area contributed by atoms with Crippen molar-refractivity contribution in [1.29, 1.82) is 0 Å². The molecule has 2 aliphatic rings. The van der Waals surface area contributed by atoms with Gasteiger partial charge in [-0.3, -0.25) is 4.90 Å². The maximum Gasteiger partial charge on any atom is 0.161 e. The summed E-state index contributed by atoms with van der Waals surface area (Å²) in [7, 11) is 0. The standard InChI is InChI=1S/C65H50N4/c1-41-21-16-17-28-50(41)52-30-20-32-61-63(52)42(2)53-37-47(33-35-59(53)68(61)44(4)67-64(46-24-12-8-13-25-46)66-43(3)45-22-10-7-11-23-45)48-34-36-60-55(38-48)56-39-54-51-29-18-19-31-57(51)65(5,6)58(54)40-62(56)69(60)49-26-14-9-15-27-49/h7-40H,2,4H2,1,3,5-6H3/b66-43+,67-64-. The van der Waals surface area contributed by atoms with Crippen LogP contribution in [0.1, 0.15) is 59.7 Å². The van der Waals surface area contributed by atoms with Crippen molar-refractivity contribution in [3.63, 3.8) is 0 Å². The van der Waals surface area contributed by atoms with Crippen LogP contribution in [-0.2, 0) is 5.41 Å². The first-order chi connectivity index (χ1) is 33.7. The zero-order valence-corrected chi connectivity index (χ0v) is 39.3. The van der Waals surface area contributed by atoms with Crippen LogP contribution in [0.3, 0.4) is 0 Å². The average molecular weight is 887 g/mol. The third kappa shape index (κ3) is 6.82. The van der Waals surface area contributed by atoms with E-state index in [0.717, 1.165) is 72.9 Å². The fraction of sp³-hybridized carbons (Fsp3) is 0.0769. The van der Waals surface area contributed by atoms with Crippen LogP contribution in [0.5, 0.6) is 0 Å². The molecule has 0 radical (unpaired) electrons. The number of rotatable bonds is 7. The van der Waals surface area contributed by atoms with Crippen LogP contribution >= 0.6 is 0 Å². The lowest BCUT2D eigenvalue weighted by molar-refractivity contribution is 0.661. The average Bonchev–Trinajstić information content (AvgIpc) is 3.82. The summed E-state index contributed by atoms with van der Waals surface area (Å²) in [5, 5.41) is 2.45. The fourth-order valence-corrected chi connectivity index (χ4v) is 10.9. The predicted octanol–water partition coefficient (Wildman–Crippen LogP) is 16.7. The Morgan fingerprint density at radius 3 is 1.87 bits per heavy atom. The van der Waals surface area contributed by atoms with Gasteiger partial charge in [-0.05, 0) is 130 Å². The molecule has 0 saturated carbocycles. The van der Waals surface area contributed by atoms with Crippen LogP contribution in [0.2, 0.25) is 0 Å². The summed E-state index contributed by atoms with van der Waals surface area (Å²) >= 11 is 0. The number of fused-ring (bicyclic) bond motifs is 8. The number of anilines is 2. The second-order valence-electron chi connectivity index (χ2n) is 18.8. The van der Waals surface area contributed by atoms with E-state index in [4.69, 9.17) is 23.1 Å². The van der Waals surface area contributed by atoms with E-state index in [1.54, 1.807) is 0 Å². The maximum absolute atomic E-state index is 5.33. The molecule has 0 spiro atoms. The number of hydrogen-bond donors (Lipinski definition) is 0. The molecule has 1 aliphatic heterocycles. The van der Waals surface area contributed by atoms with Gasteiger partial charge in [0.2, 0.25) is 0 Å². The van der Waals surface area contributed by atoms with Crippen molar-refractivity contribution in [3.05, 3.63) is 264 Å². The SMILES string of the molecule is C=C1c2cc(-c3ccc4c(c3)c3cc5c(cc3n4-c3ccccc3)C(C)(C)c3ccccc3-5)ccc2N(C(=C)/N=C(\N=C(/C)c2ccccc2)c2ccccc2)c2cccc(-c3ccccc3C)c21. The number of aliphatic imine (C=N–C) groups is 2. The van der Waals surface area contributed by atoms with Crippen LogP contribution in [0.15, 0.2) is 235 Å². The lowest BCUT2D eigenvalue weighted by atomic mass is 9.82. The molecule has 12 rings (SSSR count). The molecule has 2 heterocycles. The molecule has 0 unspecified atom stereocenters. The summed E-state index contributed by atoms with van der Waals surface area (Å²) < 4.78 is 2.44. The monoisotopic (exact) mass is 886 g/mol. The Hall–Kier alpha value is -8.60. The summed E-state index contributed by atoms with van der Waals surface area (Å²) in [5.74, 6) is 1.14.